The number of carbonyl (C=O) groups is 1. The number of nitrogens with zero attached hydrogens (tertiary/aromatic N) is 2. The molecule has 0 radical (unpaired) electrons. The highest BCUT2D eigenvalue weighted by molar-refractivity contribution is 7.09. The summed E-state index contributed by atoms with van der Waals surface area (Å²) in [4.78, 5) is 15.8. The first-order chi connectivity index (χ1) is 8.13. The average Bonchev–Trinajstić information content (AvgIpc) is 2.85. The molecule has 0 aliphatic carbocycles. The molecular formula is C11H13N3O2S. The molecule has 90 valence electrons. The summed E-state index contributed by atoms with van der Waals surface area (Å²) in [5, 5.41) is 9.38. The maximum Gasteiger partial charge on any atom is 0.228 e. The lowest BCUT2D eigenvalue weighted by Gasteiger charge is -2.00. The minimum absolute atomic E-state index is 0.0889. The Morgan fingerprint density at radius 2 is 2.29 bits per heavy atom. The van der Waals surface area contributed by atoms with Crippen LogP contribution in [0.2, 0.25) is 0 Å². The third kappa shape index (κ3) is 3.39. The van der Waals surface area contributed by atoms with E-state index in [1.165, 1.54) is 0 Å². The molecule has 0 atom stereocenters. The van der Waals surface area contributed by atoms with Crippen molar-refractivity contribution in [1.82, 2.24) is 15.5 Å². The smallest absolute Gasteiger partial charge is 0.228 e. The molecule has 2 aromatic rings. The van der Waals surface area contributed by atoms with Gasteiger partial charge in [0.2, 0.25) is 5.91 Å². The number of amides is 1. The molecule has 6 heteroatoms. The van der Waals surface area contributed by atoms with Crippen molar-refractivity contribution in [3.05, 3.63) is 33.6 Å². The van der Waals surface area contributed by atoms with Crippen LogP contribution in [-0.2, 0) is 17.8 Å². The van der Waals surface area contributed by atoms with Crippen molar-refractivity contribution < 1.29 is 9.32 Å². The van der Waals surface area contributed by atoms with Gasteiger partial charge in [-0.3, -0.25) is 4.79 Å². The van der Waals surface area contributed by atoms with Crippen molar-refractivity contribution in [2.45, 2.75) is 26.8 Å². The van der Waals surface area contributed by atoms with Crippen molar-refractivity contribution in [3.63, 3.8) is 0 Å². The van der Waals surface area contributed by atoms with Crippen molar-refractivity contribution in [2.24, 2.45) is 0 Å². The molecule has 17 heavy (non-hydrogen) atoms. The molecule has 0 fully saturated rings. The number of aromatic nitrogens is 2. The van der Waals surface area contributed by atoms with E-state index in [4.69, 9.17) is 4.52 Å². The molecule has 0 saturated carbocycles. The van der Waals surface area contributed by atoms with Crippen LogP contribution in [-0.4, -0.2) is 16.0 Å². The molecule has 0 spiro atoms. The number of hydrogen-bond acceptors (Lipinski definition) is 5. The monoisotopic (exact) mass is 251 g/mol. The van der Waals surface area contributed by atoms with E-state index in [1.807, 2.05) is 19.2 Å². The Labute approximate surface area is 103 Å². The van der Waals surface area contributed by atoms with Crippen LogP contribution < -0.4 is 5.32 Å². The molecule has 0 aliphatic heterocycles. The molecule has 1 amide bonds. The van der Waals surface area contributed by atoms with E-state index < -0.39 is 0 Å². The summed E-state index contributed by atoms with van der Waals surface area (Å²) < 4.78 is 4.97. The zero-order valence-corrected chi connectivity index (χ0v) is 10.5. The number of rotatable bonds is 4. The van der Waals surface area contributed by atoms with Crippen LogP contribution in [0.5, 0.6) is 0 Å². The number of nitrogens with one attached hydrogen (secondary N) is 1. The second-order valence-corrected chi connectivity index (χ2v) is 4.71. The molecular weight excluding hydrogens is 238 g/mol. The van der Waals surface area contributed by atoms with Gasteiger partial charge in [-0.25, -0.2) is 4.98 Å². The van der Waals surface area contributed by atoms with Crippen molar-refractivity contribution in [2.75, 3.05) is 0 Å². The van der Waals surface area contributed by atoms with E-state index >= 15 is 0 Å². The van der Waals surface area contributed by atoms with Gasteiger partial charge in [0.15, 0.2) is 0 Å². The highest BCUT2D eigenvalue weighted by atomic mass is 32.1. The number of aryl methyl sites for hydroxylation is 2. The summed E-state index contributed by atoms with van der Waals surface area (Å²) in [5.41, 5.74) is 1.76. The summed E-state index contributed by atoms with van der Waals surface area (Å²) in [7, 11) is 0. The summed E-state index contributed by atoms with van der Waals surface area (Å²) in [6.07, 6.45) is 0.213. The Bertz CT molecular complexity index is 518. The lowest BCUT2D eigenvalue weighted by Crippen LogP contribution is -2.24. The molecule has 0 saturated heterocycles. The van der Waals surface area contributed by atoms with Gasteiger partial charge in [0.05, 0.1) is 18.7 Å². The summed E-state index contributed by atoms with van der Waals surface area (Å²) in [5.74, 6) is 0.490. The third-order valence-electron chi connectivity index (χ3n) is 2.11. The standard InChI is InChI=1S/C11H13N3O2S/c1-7-3-9(16-14-7)4-10(15)12-5-11-13-8(2)6-17-11/h3,6H,4-5H2,1-2H3,(H,12,15). The topological polar surface area (TPSA) is 68.0 Å². The van der Waals surface area contributed by atoms with Gasteiger partial charge in [-0.05, 0) is 13.8 Å². The van der Waals surface area contributed by atoms with Crippen molar-refractivity contribution in [1.29, 1.82) is 0 Å². The van der Waals surface area contributed by atoms with Gasteiger partial charge in [0, 0.05) is 17.1 Å². The van der Waals surface area contributed by atoms with Gasteiger partial charge in [-0.2, -0.15) is 0 Å². The molecule has 5 nitrogen and oxygen atoms in total. The van der Waals surface area contributed by atoms with Crippen LogP contribution in [0.1, 0.15) is 22.2 Å². The van der Waals surface area contributed by atoms with Crippen molar-refractivity contribution >= 4 is 17.2 Å². The van der Waals surface area contributed by atoms with Crippen LogP contribution >= 0.6 is 11.3 Å². The number of thiazole rings is 1. The minimum Gasteiger partial charge on any atom is -0.361 e. The quantitative estimate of drug-likeness (QED) is 0.896. The van der Waals surface area contributed by atoms with Crippen LogP contribution in [0, 0.1) is 13.8 Å². The van der Waals surface area contributed by atoms with Gasteiger partial charge in [-0.15, -0.1) is 11.3 Å². The molecule has 0 aromatic carbocycles. The summed E-state index contributed by atoms with van der Waals surface area (Å²) in [6, 6.07) is 1.76. The van der Waals surface area contributed by atoms with Gasteiger partial charge in [0.25, 0.3) is 0 Å². The second-order valence-electron chi connectivity index (χ2n) is 3.77. The minimum atomic E-state index is -0.0889. The van der Waals surface area contributed by atoms with E-state index in [1.54, 1.807) is 17.4 Å². The first-order valence-corrected chi connectivity index (χ1v) is 6.11. The van der Waals surface area contributed by atoms with Crippen LogP contribution in [0.4, 0.5) is 0 Å². The summed E-state index contributed by atoms with van der Waals surface area (Å²) >= 11 is 1.54. The lowest BCUT2D eigenvalue weighted by atomic mass is 10.3. The Morgan fingerprint density at radius 1 is 1.47 bits per heavy atom. The van der Waals surface area contributed by atoms with E-state index in [0.29, 0.717) is 12.3 Å². The SMILES string of the molecule is Cc1cc(CC(=O)NCc2nc(C)cs2)on1. The molecule has 2 rings (SSSR count). The number of hydrogen-bond donors (Lipinski definition) is 1. The Hall–Kier alpha value is -1.69. The second kappa shape index (κ2) is 5.09. The van der Waals surface area contributed by atoms with Gasteiger partial charge in [-0.1, -0.05) is 5.16 Å². The molecule has 0 aliphatic rings. The zero-order valence-electron chi connectivity index (χ0n) is 9.69. The van der Waals surface area contributed by atoms with Gasteiger partial charge in [0.1, 0.15) is 10.8 Å². The first-order valence-electron chi connectivity index (χ1n) is 5.23. The molecule has 2 heterocycles. The predicted octanol–water partition coefficient (Wildman–Crippen LogP) is 1.61. The van der Waals surface area contributed by atoms with Crippen LogP contribution in [0.25, 0.3) is 0 Å². The third-order valence-corrected chi connectivity index (χ3v) is 3.08. The van der Waals surface area contributed by atoms with E-state index in [9.17, 15) is 4.79 Å². The fourth-order valence-corrected chi connectivity index (χ4v) is 2.09. The normalized spacial score (nSPS) is 10.5. The Kier molecular flexibility index (Phi) is 3.53. The summed E-state index contributed by atoms with van der Waals surface area (Å²) in [6.45, 7) is 4.22. The molecule has 0 unspecified atom stereocenters. The van der Waals surface area contributed by atoms with E-state index in [2.05, 4.69) is 15.5 Å². The molecule has 2 aromatic heterocycles. The lowest BCUT2D eigenvalue weighted by molar-refractivity contribution is -0.120. The Morgan fingerprint density at radius 3 is 2.88 bits per heavy atom. The van der Waals surface area contributed by atoms with Crippen LogP contribution in [0.3, 0.4) is 0 Å². The zero-order chi connectivity index (χ0) is 12.3. The van der Waals surface area contributed by atoms with Crippen molar-refractivity contribution in [3.8, 4) is 0 Å². The fourth-order valence-electron chi connectivity index (χ4n) is 1.38. The highest BCUT2D eigenvalue weighted by Crippen LogP contribution is 2.08. The average molecular weight is 251 g/mol. The Balaban J connectivity index is 1.82. The molecule has 1 N–H and O–H groups in total. The highest BCUT2D eigenvalue weighted by Gasteiger charge is 2.08. The van der Waals surface area contributed by atoms with E-state index in [0.717, 1.165) is 16.4 Å². The largest absolute Gasteiger partial charge is 0.361 e. The maximum absolute atomic E-state index is 11.6. The van der Waals surface area contributed by atoms with Gasteiger partial charge >= 0.3 is 0 Å². The van der Waals surface area contributed by atoms with Gasteiger partial charge < -0.3 is 9.84 Å². The number of carbonyl (C=O) groups excluding carboxylic acids is 1. The van der Waals surface area contributed by atoms with E-state index in [-0.39, 0.29) is 12.3 Å². The molecule has 0 bridgehead atoms. The van der Waals surface area contributed by atoms with Crippen LogP contribution in [0.15, 0.2) is 16.0 Å². The predicted molar refractivity (Wildman–Crippen MR) is 63.6 cm³/mol. The fraction of sp³-hybridized carbons (Fsp3) is 0.364. The first kappa shape index (κ1) is 11.8. The maximum atomic E-state index is 11.6.